The largest absolute Gasteiger partial charge is 0.369 e. The van der Waals surface area contributed by atoms with E-state index in [-0.39, 0.29) is 24.0 Å². The number of anilines is 1. The Labute approximate surface area is 164 Å². The maximum Gasteiger partial charge on any atom is 0.234 e. The second kappa shape index (κ2) is 7.92. The van der Waals surface area contributed by atoms with Gasteiger partial charge < -0.3 is 10.2 Å². The molecule has 9 heteroatoms. The van der Waals surface area contributed by atoms with Gasteiger partial charge in [0.2, 0.25) is 5.91 Å². The van der Waals surface area contributed by atoms with Crippen molar-refractivity contribution in [2.24, 2.45) is 0 Å². The molecule has 1 aromatic carbocycles. The maximum absolute atomic E-state index is 12.2. The van der Waals surface area contributed by atoms with Gasteiger partial charge in [0.05, 0.1) is 29.5 Å². The van der Waals surface area contributed by atoms with Crippen molar-refractivity contribution in [3.8, 4) is 0 Å². The maximum atomic E-state index is 12.2. The lowest BCUT2D eigenvalue weighted by Gasteiger charge is -2.36. The summed E-state index contributed by atoms with van der Waals surface area (Å²) >= 11 is 12.1. The van der Waals surface area contributed by atoms with Gasteiger partial charge in [-0.1, -0.05) is 17.7 Å². The van der Waals surface area contributed by atoms with Gasteiger partial charge in [0, 0.05) is 36.9 Å². The molecule has 0 aliphatic carbocycles. The summed E-state index contributed by atoms with van der Waals surface area (Å²) in [6.07, 6.45) is 0. The third-order valence-electron chi connectivity index (χ3n) is 4.88. The van der Waals surface area contributed by atoms with Crippen molar-refractivity contribution in [2.75, 3.05) is 49.1 Å². The van der Waals surface area contributed by atoms with Crippen LogP contribution in [0.2, 0.25) is 5.02 Å². The van der Waals surface area contributed by atoms with Crippen LogP contribution < -0.4 is 10.2 Å². The van der Waals surface area contributed by atoms with Gasteiger partial charge in [0.1, 0.15) is 0 Å². The molecule has 6 nitrogen and oxygen atoms in total. The summed E-state index contributed by atoms with van der Waals surface area (Å²) in [7, 11) is -3.15. The van der Waals surface area contributed by atoms with Crippen LogP contribution in [0.15, 0.2) is 18.2 Å². The molecular formula is C17H23Cl2N3O3S. The van der Waals surface area contributed by atoms with E-state index in [1.165, 1.54) is 5.56 Å². The molecule has 1 amide bonds. The Morgan fingerprint density at radius 1 is 1.23 bits per heavy atom. The fourth-order valence-electron chi connectivity index (χ4n) is 3.46. The quantitative estimate of drug-likeness (QED) is 0.744. The van der Waals surface area contributed by atoms with Crippen molar-refractivity contribution in [3.63, 3.8) is 0 Å². The Bertz CT molecular complexity index is 779. The van der Waals surface area contributed by atoms with E-state index < -0.39 is 21.3 Å². The molecule has 2 fully saturated rings. The highest BCUT2D eigenvalue weighted by atomic mass is 35.5. The molecule has 2 aliphatic rings. The minimum Gasteiger partial charge on any atom is -0.369 e. The molecule has 0 bridgehead atoms. The number of nitrogens with one attached hydrogen (secondary N) is 1. The summed E-state index contributed by atoms with van der Waals surface area (Å²) in [4.78, 5) is 16.6. The normalized spacial score (nSPS) is 26.0. The minimum absolute atomic E-state index is 0.0723. The zero-order valence-corrected chi connectivity index (χ0v) is 16.9. The lowest BCUT2D eigenvalue weighted by Crippen LogP contribution is -2.51. The number of aryl methyl sites for hydroxylation is 1. The number of alkyl halides is 1. The summed E-state index contributed by atoms with van der Waals surface area (Å²) in [5, 5.41) is 2.94. The second-order valence-corrected chi connectivity index (χ2v) is 10.1. The number of hydrogen-bond acceptors (Lipinski definition) is 5. The average molecular weight is 420 g/mol. The van der Waals surface area contributed by atoms with Gasteiger partial charge in [-0.3, -0.25) is 9.69 Å². The Kier molecular flexibility index (Phi) is 6.01. The summed E-state index contributed by atoms with van der Waals surface area (Å²) < 4.78 is 23.2. The number of carbonyl (C=O) groups is 1. The van der Waals surface area contributed by atoms with Crippen molar-refractivity contribution >= 4 is 44.6 Å². The number of benzene rings is 1. The highest BCUT2D eigenvalue weighted by molar-refractivity contribution is 7.91. The first-order valence-corrected chi connectivity index (χ1v) is 11.2. The molecule has 0 aromatic heterocycles. The number of halogens is 2. The van der Waals surface area contributed by atoms with Crippen LogP contribution in [-0.4, -0.2) is 74.9 Å². The van der Waals surface area contributed by atoms with Gasteiger partial charge in [-0.05, 0) is 24.6 Å². The van der Waals surface area contributed by atoms with E-state index in [1.54, 1.807) is 0 Å². The molecule has 2 saturated heterocycles. The van der Waals surface area contributed by atoms with Crippen molar-refractivity contribution in [2.45, 2.75) is 18.3 Å². The van der Waals surface area contributed by atoms with Gasteiger partial charge in [-0.25, -0.2) is 8.42 Å². The molecule has 144 valence electrons. The van der Waals surface area contributed by atoms with Crippen LogP contribution in [0.4, 0.5) is 5.69 Å². The van der Waals surface area contributed by atoms with E-state index in [2.05, 4.69) is 22.0 Å². The van der Waals surface area contributed by atoms with E-state index in [4.69, 9.17) is 23.2 Å². The van der Waals surface area contributed by atoms with Crippen LogP contribution in [0, 0.1) is 6.92 Å². The Hall–Kier alpha value is -1.02. The molecule has 1 aromatic rings. The van der Waals surface area contributed by atoms with Crippen LogP contribution >= 0.6 is 23.2 Å². The van der Waals surface area contributed by atoms with E-state index in [0.717, 1.165) is 36.9 Å². The zero-order valence-electron chi connectivity index (χ0n) is 14.6. The SMILES string of the molecule is Cc1ccc(Cl)cc1N1CCN(CC(=O)N[C@H]2CS(=O)(=O)C[C@@H]2Cl)CC1. The predicted octanol–water partition coefficient (Wildman–Crippen LogP) is 1.29. The van der Waals surface area contributed by atoms with E-state index >= 15 is 0 Å². The number of carbonyl (C=O) groups excluding carboxylic acids is 1. The summed E-state index contributed by atoms with van der Waals surface area (Å²) in [5.41, 5.74) is 2.30. The summed E-state index contributed by atoms with van der Waals surface area (Å²) in [6.45, 7) is 5.44. The van der Waals surface area contributed by atoms with Crippen LogP contribution in [0.25, 0.3) is 0 Å². The van der Waals surface area contributed by atoms with Crippen LogP contribution in [0.5, 0.6) is 0 Å². The first kappa shape index (κ1) is 19.7. The molecule has 1 N–H and O–H groups in total. The molecule has 2 heterocycles. The number of rotatable bonds is 4. The Morgan fingerprint density at radius 2 is 1.92 bits per heavy atom. The number of piperazine rings is 1. The molecule has 0 unspecified atom stereocenters. The van der Waals surface area contributed by atoms with Gasteiger partial charge >= 0.3 is 0 Å². The summed E-state index contributed by atoms with van der Waals surface area (Å²) in [5.74, 6) is -0.323. The number of nitrogens with zero attached hydrogens (tertiary/aromatic N) is 2. The minimum atomic E-state index is -3.15. The van der Waals surface area contributed by atoms with Crippen molar-refractivity contribution in [1.82, 2.24) is 10.2 Å². The first-order valence-electron chi connectivity index (χ1n) is 8.61. The van der Waals surface area contributed by atoms with Crippen LogP contribution in [0.1, 0.15) is 5.56 Å². The molecule has 26 heavy (non-hydrogen) atoms. The van der Waals surface area contributed by atoms with Crippen LogP contribution in [0.3, 0.4) is 0 Å². The van der Waals surface area contributed by atoms with Crippen molar-refractivity contribution < 1.29 is 13.2 Å². The average Bonchev–Trinajstić information content (AvgIpc) is 2.82. The Balaban J connectivity index is 1.49. The van der Waals surface area contributed by atoms with Crippen molar-refractivity contribution in [3.05, 3.63) is 28.8 Å². The zero-order chi connectivity index (χ0) is 18.9. The molecule has 0 spiro atoms. The molecule has 2 aliphatic heterocycles. The van der Waals surface area contributed by atoms with Gasteiger partial charge in [-0.15, -0.1) is 11.6 Å². The van der Waals surface area contributed by atoms with Gasteiger partial charge in [0.25, 0.3) is 0 Å². The number of sulfone groups is 1. The third kappa shape index (κ3) is 4.82. The van der Waals surface area contributed by atoms with E-state index in [1.807, 2.05) is 18.2 Å². The van der Waals surface area contributed by atoms with E-state index in [0.29, 0.717) is 0 Å². The number of amides is 1. The molecule has 0 saturated carbocycles. The lowest BCUT2D eigenvalue weighted by molar-refractivity contribution is -0.122. The molecule has 3 rings (SSSR count). The second-order valence-electron chi connectivity index (χ2n) is 6.96. The first-order chi connectivity index (χ1) is 12.2. The smallest absolute Gasteiger partial charge is 0.234 e. The molecule has 0 radical (unpaired) electrons. The highest BCUT2D eigenvalue weighted by Gasteiger charge is 2.37. The van der Waals surface area contributed by atoms with Gasteiger partial charge in [0.15, 0.2) is 9.84 Å². The third-order valence-corrected chi connectivity index (χ3v) is 7.49. The fourth-order valence-corrected chi connectivity index (χ4v) is 6.18. The monoisotopic (exact) mass is 419 g/mol. The Morgan fingerprint density at radius 3 is 2.54 bits per heavy atom. The molecular weight excluding hydrogens is 397 g/mol. The van der Waals surface area contributed by atoms with Crippen LogP contribution in [-0.2, 0) is 14.6 Å². The lowest BCUT2D eigenvalue weighted by atomic mass is 10.1. The fraction of sp³-hybridized carbons (Fsp3) is 0.588. The summed E-state index contributed by atoms with van der Waals surface area (Å²) in [6, 6.07) is 5.37. The van der Waals surface area contributed by atoms with E-state index in [9.17, 15) is 13.2 Å². The van der Waals surface area contributed by atoms with Gasteiger partial charge in [-0.2, -0.15) is 0 Å². The predicted molar refractivity (Wildman–Crippen MR) is 105 cm³/mol. The van der Waals surface area contributed by atoms with Crippen molar-refractivity contribution in [1.29, 1.82) is 0 Å². The topological polar surface area (TPSA) is 69.7 Å². The number of hydrogen-bond donors (Lipinski definition) is 1. The standard InChI is InChI=1S/C17H23Cl2N3O3S/c1-12-2-3-13(18)8-16(12)22-6-4-21(5-7-22)9-17(23)20-15-11-26(24,25)10-14(15)19/h2-3,8,14-15H,4-7,9-11H2,1H3,(H,20,23)/t14-,15-/m0/s1. The highest BCUT2D eigenvalue weighted by Crippen LogP contribution is 2.25. The molecule has 2 atom stereocenters.